The Balaban J connectivity index is 1.60. The number of piperidine rings is 1. The lowest BCUT2D eigenvalue weighted by molar-refractivity contribution is -0.384. The van der Waals surface area contributed by atoms with E-state index in [0.29, 0.717) is 30.2 Å². The van der Waals surface area contributed by atoms with Crippen molar-refractivity contribution in [1.82, 2.24) is 4.90 Å². The van der Waals surface area contributed by atoms with Crippen LogP contribution < -0.4 is 11.1 Å². The highest BCUT2D eigenvalue weighted by atomic mass is 35.5. The third kappa shape index (κ3) is 4.95. The van der Waals surface area contributed by atoms with Crippen LogP contribution in [0.1, 0.15) is 49.7 Å². The number of ether oxygens (including phenoxy) is 1. The standard InChI is InChI=1S/C24H27ClN4O4S/c1-2-33-24(30)28-18-8-9-19(28)13-17(12-18)27-20-11-15(5-10-21(20)29(31)32)22(23(26)34)14-3-6-16(25)7-4-14/h3-7,10-11,17-19,22,27H,2,8-9,12-13H2,1H3,(H2,26,34). The second kappa shape index (κ2) is 10.1. The van der Waals surface area contributed by atoms with Gasteiger partial charge >= 0.3 is 6.09 Å². The number of carbonyl (C=O) groups is 1. The molecule has 34 heavy (non-hydrogen) atoms. The van der Waals surface area contributed by atoms with E-state index in [-0.39, 0.29) is 34.9 Å². The van der Waals surface area contributed by atoms with Crippen LogP contribution in [0.25, 0.3) is 0 Å². The number of hydrogen-bond acceptors (Lipinski definition) is 6. The van der Waals surface area contributed by atoms with Gasteiger partial charge < -0.3 is 20.7 Å². The summed E-state index contributed by atoms with van der Waals surface area (Å²) < 4.78 is 5.23. The Hall–Kier alpha value is -2.91. The van der Waals surface area contributed by atoms with Crippen molar-refractivity contribution in [1.29, 1.82) is 0 Å². The molecule has 10 heteroatoms. The van der Waals surface area contributed by atoms with Crippen molar-refractivity contribution in [2.24, 2.45) is 5.73 Å². The summed E-state index contributed by atoms with van der Waals surface area (Å²) in [4.78, 5) is 25.9. The maximum Gasteiger partial charge on any atom is 0.410 e. The first-order chi connectivity index (χ1) is 16.3. The summed E-state index contributed by atoms with van der Waals surface area (Å²) in [5, 5.41) is 15.8. The van der Waals surface area contributed by atoms with Crippen LogP contribution in [0.3, 0.4) is 0 Å². The van der Waals surface area contributed by atoms with Crippen molar-refractivity contribution in [3.05, 3.63) is 68.7 Å². The van der Waals surface area contributed by atoms with Crippen LogP contribution in [0.2, 0.25) is 5.02 Å². The minimum atomic E-state index is -0.407. The first-order valence-electron chi connectivity index (χ1n) is 11.3. The van der Waals surface area contributed by atoms with E-state index in [1.54, 1.807) is 31.2 Å². The molecule has 3 unspecified atom stereocenters. The van der Waals surface area contributed by atoms with Gasteiger partial charge in [-0.2, -0.15) is 0 Å². The zero-order valence-electron chi connectivity index (χ0n) is 18.8. The van der Waals surface area contributed by atoms with E-state index in [2.05, 4.69) is 5.32 Å². The van der Waals surface area contributed by atoms with Crippen molar-refractivity contribution in [3.63, 3.8) is 0 Å². The molecule has 2 aliphatic heterocycles. The Morgan fingerprint density at radius 3 is 2.41 bits per heavy atom. The van der Waals surface area contributed by atoms with Crippen LogP contribution in [0.4, 0.5) is 16.2 Å². The molecule has 3 atom stereocenters. The maximum atomic E-state index is 12.4. The van der Waals surface area contributed by atoms with Gasteiger partial charge in [0.25, 0.3) is 5.69 Å². The van der Waals surface area contributed by atoms with E-state index in [0.717, 1.165) is 24.0 Å². The predicted molar refractivity (Wildman–Crippen MR) is 135 cm³/mol. The smallest absolute Gasteiger partial charge is 0.410 e. The van der Waals surface area contributed by atoms with Gasteiger partial charge in [0.1, 0.15) is 5.69 Å². The van der Waals surface area contributed by atoms with Gasteiger partial charge in [-0.25, -0.2) is 4.79 Å². The van der Waals surface area contributed by atoms with Gasteiger partial charge in [0.05, 0.1) is 22.4 Å². The van der Waals surface area contributed by atoms with Crippen LogP contribution in [0.15, 0.2) is 42.5 Å². The number of nitrogens with one attached hydrogen (secondary N) is 1. The summed E-state index contributed by atoms with van der Waals surface area (Å²) in [6, 6.07) is 12.3. The molecule has 3 N–H and O–H groups in total. The second-order valence-electron chi connectivity index (χ2n) is 8.72. The quantitative estimate of drug-likeness (QED) is 0.303. The van der Waals surface area contributed by atoms with E-state index in [9.17, 15) is 14.9 Å². The number of nitro benzene ring substituents is 1. The van der Waals surface area contributed by atoms with Crippen LogP contribution >= 0.6 is 23.8 Å². The van der Waals surface area contributed by atoms with Gasteiger partial charge in [-0.3, -0.25) is 10.1 Å². The van der Waals surface area contributed by atoms with Crippen molar-refractivity contribution in [3.8, 4) is 0 Å². The molecule has 2 saturated heterocycles. The Morgan fingerprint density at radius 1 is 1.24 bits per heavy atom. The number of carbonyl (C=O) groups excluding carboxylic acids is 1. The van der Waals surface area contributed by atoms with E-state index in [4.69, 9.17) is 34.3 Å². The first kappa shape index (κ1) is 24.2. The molecule has 2 heterocycles. The minimum Gasteiger partial charge on any atom is -0.450 e. The molecule has 0 spiro atoms. The molecular weight excluding hydrogens is 476 g/mol. The van der Waals surface area contributed by atoms with Gasteiger partial charge in [-0.15, -0.1) is 0 Å². The van der Waals surface area contributed by atoms with E-state index in [1.165, 1.54) is 6.07 Å². The Bertz CT molecular complexity index is 1080. The van der Waals surface area contributed by atoms with Crippen LogP contribution in [0.5, 0.6) is 0 Å². The van der Waals surface area contributed by atoms with Crippen molar-refractivity contribution >= 4 is 46.3 Å². The minimum absolute atomic E-state index is 0.00376. The van der Waals surface area contributed by atoms with Crippen molar-refractivity contribution < 1.29 is 14.5 Å². The van der Waals surface area contributed by atoms with Gasteiger partial charge in [0, 0.05) is 29.2 Å². The number of nitrogens with zero attached hydrogens (tertiary/aromatic N) is 2. The fourth-order valence-corrected chi connectivity index (χ4v) is 5.59. The largest absolute Gasteiger partial charge is 0.450 e. The summed E-state index contributed by atoms with van der Waals surface area (Å²) in [6.45, 7) is 2.14. The number of fused-ring (bicyclic) bond motifs is 2. The number of amides is 1. The second-order valence-corrected chi connectivity index (χ2v) is 9.63. The predicted octanol–water partition coefficient (Wildman–Crippen LogP) is 5.23. The molecule has 180 valence electrons. The molecule has 2 aliphatic rings. The molecule has 2 bridgehead atoms. The molecule has 1 amide bonds. The summed E-state index contributed by atoms with van der Waals surface area (Å²) in [5.41, 5.74) is 8.11. The van der Waals surface area contributed by atoms with Crippen LogP contribution in [0, 0.1) is 10.1 Å². The van der Waals surface area contributed by atoms with Gasteiger partial charge in [0.15, 0.2) is 0 Å². The summed E-state index contributed by atoms with van der Waals surface area (Å²) in [7, 11) is 0. The highest BCUT2D eigenvalue weighted by Gasteiger charge is 2.44. The first-order valence-corrected chi connectivity index (χ1v) is 12.1. The van der Waals surface area contributed by atoms with Crippen molar-refractivity contribution in [2.75, 3.05) is 11.9 Å². The van der Waals surface area contributed by atoms with Gasteiger partial charge in [-0.1, -0.05) is 42.0 Å². The fraction of sp³-hybridized carbons (Fsp3) is 0.417. The van der Waals surface area contributed by atoms with E-state index >= 15 is 0 Å². The Morgan fingerprint density at radius 2 is 1.85 bits per heavy atom. The van der Waals surface area contributed by atoms with Gasteiger partial charge in [-0.05, 0) is 61.9 Å². The summed E-state index contributed by atoms with van der Waals surface area (Å²) >= 11 is 11.4. The number of benzene rings is 2. The number of rotatable bonds is 7. The average Bonchev–Trinajstić information content (AvgIpc) is 3.06. The number of thiocarbonyl (C=S) groups is 1. The zero-order valence-corrected chi connectivity index (χ0v) is 20.3. The lowest BCUT2D eigenvalue weighted by atomic mass is 9.90. The molecular formula is C24H27ClN4O4S. The molecule has 0 aromatic heterocycles. The maximum absolute atomic E-state index is 12.4. The average molecular weight is 503 g/mol. The lowest BCUT2D eigenvalue weighted by Crippen LogP contribution is -2.49. The molecule has 0 radical (unpaired) electrons. The highest BCUT2D eigenvalue weighted by molar-refractivity contribution is 7.80. The number of halogens is 1. The van der Waals surface area contributed by atoms with E-state index < -0.39 is 10.8 Å². The zero-order chi connectivity index (χ0) is 24.4. The molecule has 2 aromatic rings. The Labute approximate surface area is 208 Å². The number of nitro groups is 1. The molecule has 8 nitrogen and oxygen atoms in total. The van der Waals surface area contributed by atoms with Crippen molar-refractivity contribution in [2.45, 2.75) is 56.7 Å². The third-order valence-electron chi connectivity index (χ3n) is 6.61. The molecule has 0 saturated carbocycles. The number of anilines is 1. The highest BCUT2D eigenvalue weighted by Crippen LogP contribution is 2.39. The monoisotopic (exact) mass is 502 g/mol. The third-order valence-corrected chi connectivity index (χ3v) is 7.10. The van der Waals surface area contributed by atoms with Gasteiger partial charge in [0.2, 0.25) is 0 Å². The molecule has 2 aromatic carbocycles. The van der Waals surface area contributed by atoms with Crippen LogP contribution in [-0.4, -0.2) is 45.6 Å². The number of nitrogens with two attached hydrogens (primary N) is 1. The molecule has 2 fully saturated rings. The summed E-state index contributed by atoms with van der Waals surface area (Å²) in [6.07, 6.45) is 2.94. The lowest BCUT2D eigenvalue weighted by Gasteiger charge is -2.38. The normalized spacial score (nSPS) is 22.2. The molecule has 4 rings (SSSR count). The SMILES string of the molecule is CCOC(=O)N1C2CCC1CC(Nc1cc(C(C(N)=S)c3ccc(Cl)cc3)ccc1[N+](=O)[O-])C2. The topological polar surface area (TPSA) is 111 Å². The van der Waals surface area contributed by atoms with Crippen LogP contribution in [-0.2, 0) is 4.74 Å². The Kier molecular flexibility index (Phi) is 7.23. The molecule has 0 aliphatic carbocycles. The van der Waals surface area contributed by atoms with E-state index in [1.807, 2.05) is 17.0 Å². The number of hydrogen-bond donors (Lipinski definition) is 2. The summed E-state index contributed by atoms with van der Waals surface area (Å²) in [5.74, 6) is -0.407. The fourth-order valence-electron chi connectivity index (χ4n) is 5.20.